The molecule has 3 atom stereocenters. The van der Waals surface area contributed by atoms with Gasteiger partial charge in [0, 0.05) is 13.0 Å². The Morgan fingerprint density at radius 2 is 1.06 bits per heavy atom. The van der Waals surface area contributed by atoms with Gasteiger partial charge in [0.2, 0.25) is 0 Å². The molecular formula is C40H65O9P. The number of aliphatic hydroxyl groups is 2. The zero-order valence-corrected chi connectivity index (χ0v) is 31.5. The predicted octanol–water partition coefficient (Wildman–Crippen LogP) is 9.35. The summed E-state index contributed by atoms with van der Waals surface area (Å²) in [7, 11) is -4.54. The number of phosphoric ester groups is 1. The van der Waals surface area contributed by atoms with Gasteiger partial charge in [-0.3, -0.25) is 13.8 Å². The molecule has 0 radical (unpaired) electrons. The van der Waals surface area contributed by atoms with Gasteiger partial charge in [0.25, 0.3) is 0 Å². The fraction of sp³-hybridized carbons (Fsp3) is 0.575. The summed E-state index contributed by atoms with van der Waals surface area (Å²) in [5, 5.41) is 18.3. The van der Waals surface area contributed by atoms with E-state index in [4.69, 9.17) is 23.6 Å². The number of allylic oxidation sites excluding steroid dienone is 16. The summed E-state index contributed by atoms with van der Waals surface area (Å²) in [5.74, 6) is -0.448. The molecule has 284 valence electrons. The minimum absolute atomic E-state index is 0.0127. The number of unbranched alkanes of at least 4 members (excludes halogenated alkanes) is 3. The molecule has 0 saturated carbocycles. The first-order valence-corrected chi connectivity index (χ1v) is 19.7. The van der Waals surface area contributed by atoms with Crippen LogP contribution < -0.4 is 0 Å². The zero-order valence-electron chi connectivity index (χ0n) is 30.6. The molecule has 50 heavy (non-hydrogen) atoms. The van der Waals surface area contributed by atoms with Crippen LogP contribution in [0.5, 0.6) is 0 Å². The van der Waals surface area contributed by atoms with E-state index < -0.39 is 45.8 Å². The van der Waals surface area contributed by atoms with Gasteiger partial charge >= 0.3 is 13.8 Å². The van der Waals surface area contributed by atoms with Crippen molar-refractivity contribution in [2.45, 2.75) is 116 Å². The zero-order chi connectivity index (χ0) is 36.8. The van der Waals surface area contributed by atoms with E-state index in [2.05, 4.69) is 111 Å². The maximum absolute atomic E-state index is 12.5. The summed E-state index contributed by atoms with van der Waals surface area (Å²) in [6.07, 6.45) is 43.8. The second-order valence-electron chi connectivity index (χ2n) is 11.5. The molecule has 9 nitrogen and oxygen atoms in total. The third-order valence-corrected chi connectivity index (χ3v) is 7.72. The van der Waals surface area contributed by atoms with Crippen molar-refractivity contribution < 1.29 is 43.0 Å². The summed E-state index contributed by atoms with van der Waals surface area (Å²) in [5.41, 5.74) is 0. The smallest absolute Gasteiger partial charge is 0.457 e. The standard InChI is InChI=1S/C40H65O9P/c1-3-5-7-9-11-13-15-17-19-20-22-24-26-28-30-32-40(43)49-39(37-48-50(44,45)47-35-38(42)34-41)36-46-33-31-29-27-25-23-21-18-16-14-12-10-8-6-4-2/h5-8,11-14,17-19,21-22,24-25,27,38-39,41-42H,3-4,9-10,15-16,20,23,26,28-37H2,1-2H3,(H,44,45)/b7-5-,8-6-,13-11-,14-12-,19-17-,21-18-,24-22-,27-25-. The molecule has 3 N–H and O–H groups in total. The number of carbonyl (C=O) groups excluding carboxylic acids is 1. The average molecular weight is 721 g/mol. The van der Waals surface area contributed by atoms with Crippen LogP contribution in [0.15, 0.2) is 97.2 Å². The van der Waals surface area contributed by atoms with Gasteiger partial charge in [-0.05, 0) is 83.5 Å². The van der Waals surface area contributed by atoms with E-state index in [1.165, 1.54) is 0 Å². The second-order valence-corrected chi connectivity index (χ2v) is 12.9. The lowest BCUT2D eigenvalue weighted by Crippen LogP contribution is -2.29. The van der Waals surface area contributed by atoms with E-state index in [9.17, 15) is 19.4 Å². The summed E-state index contributed by atoms with van der Waals surface area (Å²) in [6, 6.07) is 0. The molecule has 0 aromatic heterocycles. The fourth-order valence-electron chi connectivity index (χ4n) is 4.05. The number of phosphoric acid groups is 1. The Hall–Kier alpha value is -2.62. The number of aliphatic hydroxyl groups excluding tert-OH is 2. The van der Waals surface area contributed by atoms with Crippen molar-refractivity contribution in [1.29, 1.82) is 0 Å². The highest BCUT2D eigenvalue weighted by atomic mass is 31.2. The van der Waals surface area contributed by atoms with Crippen LogP contribution in [0, 0.1) is 0 Å². The quantitative estimate of drug-likeness (QED) is 0.0263. The molecule has 0 bridgehead atoms. The van der Waals surface area contributed by atoms with Gasteiger partial charge in [0.05, 0.1) is 26.4 Å². The van der Waals surface area contributed by atoms with Crippen molar-refractivity contribution in [3.8, 4) is 0 Å². The molecule has 0 rings (SSSR count). The topological polar surface area (TPSA) is 132 Å². The average Bonchev–Trinajstić information content (AvgIpc) is 3.10. The first-order chi connectivity index (χ1) is 24.3. The molecular weight excluding hydrogens is 655 g/mol. The normalized spacial score (nSPS) is 15.4. The SMILES string of the molecule is CC/C=C\C/C=C\C/C=C\C/C=C\CCCCC(=O)OC(COCCC/C=C\C/C=C\C/C=C\C/C=C\CC)COP(=O)(O)OCC(O)CO. The Labute approximate surface area is 302 Å². The van der Waals surface area contributed by atoms with Crippen molar-refractivity contribution in [1.82, 2.24) is 0 Å². The van der Waals surface area contributed by atoms with Crippen molar-refractivity contribution in [2.24, 2.45) is 0 Å². The number of esters is 1. The van der Waals surface area contributed by atoms with Crippen molar-refractivity contribution >= 4 is 13.8 Å². The number of rotatable bonds is 33. The van der Waals surface area contributed by atoms with Crippen molar-refractivity contribution in [3.63, 3.8) is 0 Å². The lowest BCUT2D eigenvalue weighted by Gasteiger charge is -2.20. The molecule has 3 unspecified atom stereocenters. The molecule has 0 aliphatic rings. The molecule has 0 aromatic carbocycles. The van der Waals surface area contributed by atoms with Gasteiger partial charge in [0.1, 0.15) is 12.2 Å². The highest BCUT2D eigenvalue weighted by Crippen LogP contribution is 2.43. The monoisotopic (exact) mass is 720 g/mol. The van der Waals surface area contributed by atoms with Gasteiger partial charge in [-0.15, -0.1) is 0 Å². The number of ether oxygens (including phenoxy) is 2. The molecule has 0 saturated heterocycles. The van der Waals surface area contributed by atoms with Crippen molar-refractivity contribution in [3.05, 3.63) is 97.2 Å². The first-order valence-electron chi connectivity index (χ1n) is 18.2. The van der Waals surface area contributed by atoms with Crippen LogP contribution in [0.3, 0.4) is 0 Å². The summed E-state index contributed by atoms with van der Waals surface area (Å²) >= 11 is 0. The van der Waals surface area contributed by atoms with Gasteiger partial charge < -0.3 is 24.6 Å². The highest BCUT2D eigenvalue weighted by Gasteiger charge is 2.26. The maximum Gasteiger partial charge on any atom is 0.472 e. The number of hydrogen-bond acceptors (Lipinski definition) is 8. The van der Waals surface area contributed by atoms with E-state index in [0.29, 0.717) is 13.0 Å². The van der Waals surface area contributed by atoms with Gasteiger partial charge in [0.15, 0.2) is 0 Å². The van der Waals surface area contributed by atoms with Crippen LogP contribution >= 0.6 is 7.82 Å². The maximum atomic E-state index is 12.5. The lowest BCUT2D eigenvalue weighted by atomic mass is 10.2. The van der Waals surface area contributed by atoms with E-state index in [1.807, 2.05) is 0 Å². The Morgan fingerprint density at radius 1 is 0.620 bits per heavy atom. The summed E-state index contributed by atoms with van der Waals surface area (Å²) in [6.45, 7) is 3.02. The van der Waals surface area contributed by atoms with Crippen molar-refractivity contribution in [2.75, 3.05) is 33.0 Å². The Morgan fingerprint density at radius 3 is 1.54 bits per heavy atom. The molecule has 0 aliphatic heterocycles. The third kappa shape index (κ3) is 35.2. The van der Waals surface area contributed by atoms with E-state index in [-0.39, 0.29) is 13.0 Å². The van der Waals surface area contributed by atoms with Gasteiger partial charge in [-0.25, -0.2) is 4.57 Å². The molecule has 0 spiro atoms. The van der Waals surface area contributed by atoms with Crippen LogP contribution in [0.25, 0.3) is 0 Å². The van der Waals surface area contributed by atoms with Gasteiger partial charge in [-0.1, -0.05) is 111 Å². The molecule has 0 aromatic rings. The highest BCUT2D eigenvalue weighted by molar-refractivity contribution is 7.47. The van der Waals surface area contributed by atoms with E-state index >= 15 is 0 Å². The van der Waals surface area contributed by atoms with Gasteiger partial charge in [-0.2, -0.15) is 0 Å². The van der Waals surface area contributed by atoms with E-state index in [1.54, 1.807) is 0 Å². The molecule has 0 amide bonds. The molecule has 0 heterocycles. The predicted molar refractivity (Wildman–Crippen MR) is 205 cm³/mol. The third-order valence-electron chi connectivity index (χ3n) is 6.77. The Balaban J connectivity index is 4.46. The van der Waals surface area contributed by atoms with Crippen LogP contribution in [-0.4, -0.2) is 66.3 Å². The largest absolute Gasteiger partial charge is 0.472 e. The number of hydrogen-bond donors (Lipinski definition) is 3. The molecule has 0 fully saturated rings. The second kappa shape index (κ2) is 36.2. The Bertz CT molecular complexity index is 1090. The first kappa shape index (κ1) is 47.4. The minimum atomic E-state index is -4.54. The van der Waals surface area contributed by atoms with Crippen LogP contribution in [0.2, 0.25) is 0 Å². The number of carbonyl (C=O) groups is 1. The minimum Gasteiger partial charge on any atom is -0.457 e. The molecule has 0 aliphatic carbocycles. The lowest BCUT2D eigenvalue weighted by molar-refractivity contribution is -0.154. The van der Waals surface area contributed by atoms with Crippen LogP contribution in [0.4, 0.5) is 0 Å². The van der Waals surface area contributed by atoms with E-state index in [0.717, 1.165) is 77.0 Å². The van der Waals surface area contributed by atoms with Crippen LogP contribution in [-0.2, 0) is 27.9 Å². The summed E-state index contributed by atoms with van der Waals surface area (Å²) in [4.78, 5) is 22.4. The van der Waals surface area contributed by atoms with Crippen LogP contribution in [0.1, 0.15) is 104 Å². The summed E-state index contributed by atoms with van der Waals surface area (Å²) < 4.78 is 33.1. The fourth-order valence-corrected chi connectivity index (χ4v) is 4.84. The molecule has 10 heteroatoms. The Kier molecular flexibility index (Phi) is 34.3.